The Morgan fingerprint density at radius 3 is 2.78 bits per heavy atom. The minimum atomic E-state index is -4.42. The highest BCUT2D eigenvalue weighted by Gasteiger charge is 2.37. The highest BCUT2D eigenvalue weighted by Crippen LogP contribution is 2.32. The number of rotatable bonds is 5. The van der Waals surface area contributed by atoms with Gasteiger partial charge in [-0.25, -0.2) is 4.79 Å². The first-order chi connectivity index (χ1) is 12.9. The summed E-state index contributed by atoms with van der Waals surface area (Å²) in [6.07, 6.45) is 4.58. The van der Waals surface area contributed by atoms with E-state index in [0.29, 0.717) is 6.04 Å². The van der Waals surface area contributed by atoms with E-state index < -0.39 is 16.4 Å². The normalized spacial score (nSPS) is 25.3. The van der Waals surface area contributed by atoms with Crippen LogP contribution in [0.2, 0.25) is 10.0 Å². The van der Waals surface area contributed by atoms with Gasteiger partial charge >= 0.3 is 16.4 Å². The molecular weight excluding hydrogens is 415 g/mol. The number of hydrogen-bond donors (Lipinski definition) is 2. The molecule has 1 aromatic carbocycles. The average Bonchev–Trinajstić information content (AvgIpc) is 2.63. The zero-order valence-corrected chi connectivity index (χ0v) is 17.1. The van der Waals surface area contributed by atoms with Crippen molar-refractivity contribution in [2.75, 3.05) is 19.7 Å². The van der Waals surface area contributed by atoms with E-state index in [1.165, 1.54) is 31.0 Å². The Hall–Kier alpha value is -1.22. The highest BCUT2D eigenvalue weighted by molar-refractivity contribution is 7.85. The molecule has 10 heteroatoms. The van der Waals surface area contributed by atoms with Crippen LogP contribution in [0.5, 0.6) is 5.75 Å². The molecular formula is C17H23Cl2N2O5S+. The first-order valence-corrected chi connectivity index (χ1v) is 11.2. The van der Waals surface area contributed by atoms with Crippen molar-refractivity contribution < 1.29 is 27.0 Å². The Kier molecular flexibility index (Phi) is 6.73. The summed E-state index contributed by atoms with van der Waals surface area (Å²) in [5.41, 5.74) is 0. The van der Waals surface area contributed by atoms with Crippen molar-refractivity contribution >= 4 is 39.6 Å². The van der Waals surface area contributed by atoms with Crippen LogP contribution in [0.1, 0.15) is 32.1 Å². The van der Waals surface area contributed by atoms with Crippen molar-refractivity contribution in [3.05, 3.63) is 28.2 Å². The number of fused-ring (bicyclic) bond motifs is 1. The maximum atomic E-state index is 12.0. The zero-order chi connectivity index (χ0) is 19.4. The first-order valence-electron chi connectivity index (χ1n) is 9.03. The van der Waals surface area contributed by atoms with Gasteiger partial charge in [0.05, 0.1) is 24.2 Å². The number of halogens is 2. The molecule has 2 heterocycles. The maximum absolute atomic E-state index is 12.0. The second-order valence-electron chi connectivity index (χ2n) is 6.95. The molecule has 150 valence electrons. The molecule has 2 N–H and O–H groups in total. The second kappa shape index (κ2) is 8.86. The number of quaternary nitrogens is 1. The summed E-state index contributed by atoms with van der Waals surface area (Å²) in [4.78, 5) is 13.5. The summed E-state index contributed by atoms with van der Waals surface area (Å²) in [6.45, 7) is 2.53. The number of hydrogen-bond acceptors (Lipinski definition) is 5. The van der Waals surface area contributed by atoms with Gasteiger partial charge in [0.25, 0.3) is 0 Å². The smallest absolute Gasteiger partial charge is 0.423 e. The lowest BCUT2D eigenvalue weighted by Crippen LogP contribution is -3.18. The quantitative estimate of drug-likeness (QED) is 0.736. The lowest BCUT2D eigenvalue weighted by Gasteiger charge is -2.40. The minimum absolute atomic E-state index is 0.0551. The molecule has 0 bridgehead atoms. The van der Waals surface area contributed by atoms with E-state index in [2.05, 4.69) is 0 Å². The Balaban J connectivity index is 1.53. The van der Waals surface area contributed by atoms with Crippen molar-refractivity contribution in [3.63, 3.8) is 0 Å². The third-order valence-electron chi connectivity index (χ3n) is 5.18. The molecule has 27 heavy (non-hydrogen) atoms. The van der Waals surface area contributed by atoms with E-state index in [-0.39, 0.29) is 28.3 Å². The Morgan fingerprint density at radius 2 is 1.96 bits per heavy atom. The molecule has 0 aliphatic carbocycles. The van der Waals surface area contributed by atoms with Gasteiger partial charge in [-0.05, 0) is 44.2 Å². The molecule has 0 radical (unpaired) electrons. The van der Waals surface area contributed by atoms with Gasteiger partial charge in [0, 0.05) is 5.92 Å². The molecule has 3 atom stereocenters. The summed E-state index contributed by atoms with van der Waals surface area (Å²) < 4.78 is 35.7. The number of amides is 1. The van der Waals surface area contributed by atoms with Gasteiger partial charge < -0.3 is 13.8 Å². The van der Waals surface area contributed by atoms with Gasteiger partial charge in [0.1, 0.15) is 11.6 Å². The number of benzene rings is 1. The molecule has 2 aliphatic heterocycles. The van der Waals surface area contributed by atoms with Gasteiger partial charge in [-0.1, -0.05) is 29.3 Å². The molecule has 3 rings (SSSR count). The van der Waals surface area contributed by atoms with Crippen LogP contribution in [0.3, 0.4) is 0 Å². The van der Waals surface area contributed by atoms with Crippen molar-refractivity contribution in [3.8, 4) is 5.75 Å². The fourth-order valence-corrected chi connectivity index (χ4v) is 5.04. The molecule has 1 aromatic rings. The number of piperidine rings is 2. The van der Waals surface area contributed by atoms with E-state index in [4.69, 9.17) is 32.1 Å². The number of ether oxygens (including phenoxy) is 1. The molecule has 2 fully saturated rings. The van der Waals surface area contributed by atoms with Crippen LogP contribution in [0.25, 0.3) is 0 Å². The molecule has 1 amide bonds. The molecule has 0 aromatic heterocycles. The summed E-state index contributed by atoms with van der Waals surface area (Å²) in [5.74, 6) is 0.0870. The third-order valence-corrected chi connectivity index (χ3v) is 6.80. The topological polar surface area (TPSA) is 86.1 Å². The SMILES string of the molecule is O=C(NS(=O)(=O)Oc1cccc(Cl)c1Cl)OCC1CCC[NH+]2CCCCC12. The van der Waals surface area contributed by atoms with Crippen molar-refractivity contribution in [1.82, 2.24) is 4.72 Å². The summed E-state index contributed by atoms with van der Waals surface area (Å²) in [5, 5.41) is 0.0873. The largest absolute Gasteiger partial charge is 0.448 e. The van der Waals surface area contributed by atoms with Crippen molar-refractivity contribution in [2.45, 2.75) is 38.1 Å². The fourth-order valence-electron chi connectivity index (χ4n) is 3.98. The predicted molar refractivity (Wildman–Crippen MR) is 102 cm³/mol. The predicted octanol–water partition coefficient (Wildman–Crippen LogP) is 2.19. The second-order valence-corrected chi connectivity index (χ2v) is 9.02. The monoisotopic (exact) mass is 437 g/mol. The average molecular weight is 438 g/mol. The molecule has 7 nitrogen and oxygen atoms in total. The first kappa shape index (κ1) is 20.5. The van der Waals surface area contributed by atoms with E-state index in [1.807, 2.05) is 0 Å². The molecule has 0 saturated carbocycles. The zero-order valence-electron chi connectivity index (χ0n) is 14.7. The van der Waals surface area contributed by atoms with E-state index >= 15 is 0 Å². The van der Waals surface area contributed by atoms with Crippen LogP contribution in [0, 0.1) is 5.92 Å². The lowest BCUT2D eigenvalue weighted by molar-refractivity contribution is -0.940. The van der Waals surface area contributed by atoms with Crippen LogP contribution >= 0.6 is 23.2 Å². The fraction of sp³-hybridized carbons (Fsp3) is 0.588. The molecule has 3 unspecified atom stereocenters. The van der Waals surface area contributed by atoms with Crippen LogP contribution < -0.4 is 13.8 Å². The van der Waals surface area contributed by atoms with Crippen molar-refractivity contribution in [1.29, 1.82) is 0 Å². The number of nitrogens with one attached hydrogen (secondary N) is 2. The van der Waals surface area contributed by atoms with Crippen LogP contribution in [0.4, 0.5) is 4.79 Å². The molecule has 2 saturated heterocycles. The van der Waals surface area contributed by atoms with Gasteiger partial charge in [-0.2, -0.15) is 13.1 Å². The van der Waals surface area contributed by atoms with Crippen LogP contribution in [-0.4, -0.2) is 40.2 Å². The molecule has 0 spiro atoms. The maximum Gasteiger partial charge on any atom is 0.423 e. The Labute approximate surface area is 169 Å². The molecule has 2 aliphatic rings. The van der Waals surface area contributed by atoms with E-state index in [0.717, 1.165) is 32.4 Å². The number of carbonyl (C=O) groups excluding carboxylic acids is 1. The van der Waals surface area contributed by atoms with Gasteiger partial charge in [0.2, 0.25) is 0 Å². The van der Waals surface area contributed by atoms with Gasteiger partial charge in [-0.15, -0.1) is 0 Å². The minimum Gasteiger partial charge on any atom is -0.448 e. The van der Waals surface area contributed by atoms with Gasteiger partial charge in [0.15, 0.2) is 5.75 Å². The van der Waals surface area contributed by atoms with E-state index in [9.17, 15) is 13.2 Å². The third kappa shape index (κ3) is 5.40. The van der Waals surface area contributed by atoms with Crippen molar-refractivity contribution in [2.24, 2.45) is 5.92 Å². The van der Waals surface area contributed by atoms with Crippen LogP contribution in [-0.2, 0) is 15.0 Å². The summed E-state index contributed by atoms with van der Waals surface area (Å²) in [7, 11) is -4.42. The summed E-state index contributed by atoms with van der Waals surface area (Å²) in [6, 6.07) is 4.80. The highest BCUT2D eigenvalue weighted by atomic mass is 35.5. The lowest BCUT2D eigenvalue weighted by atomic mass is 9.84. The summed E-state index contributed by atoms with van der Waals surface area (Å²) >= 11 is 11.7. The number of carbonyl (C=O) groups is 1. The van der Waals surface area contributed by atoms with Crippen LogP contribution in [0.15, 0.2) is 18.2 Å². The standard InChI is InChI=1S/C17H22Cl2N2O5S/c18-13-6-3-8-15(16(13)19)26-27(23,24)20-17(22)25-11-12-5-4-10-21-9-2-1-7-14(12)21/h3,6,8,12,14H,1-2,4-5,7,9-11H2,(H,20,22)/p+1. The Bertz CT molecular complexity index is 788. The Morgan fingerprint density at radius 1 is 1.19 bits per heavy atom. The van der Waals surface area contributed by atoms with Gasteiger partial charge in [-0.3, -0.25) is 0 Å². The van der Waals surface area contributed by atoms with E-state index in [1.54, 1.807) is 9.62 Å².